The fraction of sp³-hybridized carbons (Fsp3) is 0.650. The number of nitrogens with two attached hydrogens (primary N) is 1. The zero-order valence-corrected chi connectivity index (χ0v) is 14.6. The molecule has 1 aromatic rings. The molecule has 4 aliphatic carbocycles. The van der Waals surface area contributed by atoms with Crippen molar-refractivity contribution in [1.29, 1.82) is 0 Å². The number of hydrogen-bond acceptors (Lipinski definition) is 1. The summed E-state index contributed by atoms with van der Waals surface area (Å²) >= 11 is 6.14. The molecule has 5 rings (SSSR count). The van der Waals surface area contributed by atoms with Crippen LogP contribution >= 0.6 is 11.6 Å². The third-order valence-corrected chi connectivity index (χ3v) is 7.82. The predicted molar refractivity (Wildman–Crippen MR) is 93.3 cm³/mol. The molecule has 0 aliphatic heterocycles. The quantitative estimate of drug-likeness (QED) is 0.823. The predicted octanol–water partition coefficient (Wildman–Crippen LogP) is 4.26. The Balaban J connectivity index is 1.80. The molecule has 0 heterocycles. The first-order chi connectivity index (χ1) is 10.9. The lowest BCUT2D eigenvalue weighted by molar-refractivity contribution is -0.173. The molecule has 4 aliphatic rings. The normalized spacial score (nSPS) is 44.4. The largest absolute Gasteiger partial charge is 0.369 e. The maximum Gasteiger partial charge on any atom is 0.223 e. The van der Waals surface area contributed by atoms with Crippen molar-refractivity contribution in [2.45, 2.75) is 50.9 Å². The summed E-state index contributed by atoms with van der Waals surface area (Å²) in [4.78, 5) is 12.4. The molecule has 124 valence electrons. The molecule has 1 amide bonds. The van der Waals surface area contributed by atoms with Gasteiger partial charge in [-0.2, -0.15) is 0 Å². The van der Waals surface area contributed by atoms with Crippen molar-refractivity contribution in [3.05, 3.63) is 35.9 Å². The second-order valence-electron chi connectivity index (χ2n) is 8.62. The van der Waals surface area contributed by atoms with Gasteiger partial charge in [0.05, 0.1) is 5.41 Å². The van der Waals surface area contributed by atoms with Gasteiger partial charge in [0.1, 0.15) is 0 Å². The lowest BCUT2D eigenvalue weighted by Crippen LogP contribution is -2.64. The molecular formula is C20H26ClNO. The Morgan fingerprint density at radius 2 is 1.78 bits per heavy atom. The second-order valence-corrected chi connectivity index (χ2v) is 9.00. The van der Waals surface area contributed by atoms with Crippen molar-refractivity contribution < 1.29 is 4.79 Å². The highest BCUT2D eigenvalue weighted by atomic mass is 35.5. The van der Waals surface area contributed by atoms with Crippen molar-refractivity contribution in [2.75, 3.05) is 5.88 Å². The Bertz CT molecular complexity index is 610. The van der Waals surface area contributed by atoms with Gasteiger partial charge in [0.2, 0.25) is 5.91 Å². The molecule has 0 saturated heterocycles. The highest BCUT2D eigenvalue weighted by Gasteiger charge is 2.66. The monoisotopic (exact) mass is 331 g/mol. The topological polar surface area (TPSA) is 43.1 Å². The summed E-state index contributed by atoms with van der Waals surface area (Å²) in [5.74, 6) is 1.77. The van der Waals surface area contributed by atoms with Gasteiger partial charge in [-0.3, -0.25) is 4.79 Å². The minimum atomic E-state index is -0.284. The minimum Gasteiger partial charge on any atom is -0.369 e. The number of hydrogen-bond donors (Lipinski definition) is 1. The van der Waals surface area contributed by atoms with Gasteiger partial charge < -0.3 is 5.73 Å². The number of primary amides is 1. The molecule has 1 aromatic carbocycles. The Labute approximate surface area is 143 Å². The first-order valence-electron chi connectivity index (χ1n) is 8.86. The third kappa shape index (κ3) is 2.03. The van der Waals surface area contributed by atoms with Crippen LogP contribution in [0.1, 0.15) is 51.0 Å². The van der Waals surface area contributed by atoms with Crippen LogP contribution in [0.4, 0.5) is 0 Å². The van der Waals surface area contributed by atoms with Crippen LogP contribution in [0.25, 0.3) is 0 Å². The zero-order chi connectivity index (χ0) is 16.3. The number of rotatable bonds is 4. The van der Waals surface area contributed by atoms with E-state index in [0.29, 0.717) is 17.7 Å². The first-order valence-corrected chi connectivity index (χ1v) is 9.39. The number of halogens is 1. The Kier molecular flexibility index (Phi) is 3.36. The van der Waals surface area contributed by atoms with E-state index in [0.717, 1.165) is 25.7 Å². The van der Waals surface area contributed by atoms with Crippen LogP contribution in [0.5, 0.6) is 0 Å². The Hall–Kier alpha value is -1.02. The van der Waals surface area contributed by atoms with Crippen molar-refractivity contribution in [3.8, 4) is 0 Å². The van der Waals surface area contributed by atoms with Gasteiger partial charge >= 0.3 is 0 Å². The van der Waals surface area contributed by atoms with Crippen LogP contribution in [-0.2, 0) is 10.2 Å². The van der Waals surface area contributed by atoms with Crippen LogP contribution in [-0.4, -0.2) is 11.8 Å². The summed E-state index contributed by atoms with van der Waals surface area (Å²) < 4.78 is 0. The summed E-state index contributed by atoms with van der Waals surface area (Å²) in [5, 5.41) is 0. The zero-order valence-electron chi connectivity index (χ0n) is 13.9. The minimum absolute atomic E-state index is 0.0693. The number of amides is 1. The number of carbonyl (C=O) groups is 1. The van der Waals surface area contributed by atoms with E-state index < -0.39 is 0 Å². The average Bonchev–Trinajstić information content (AvgIpc) is 2.53. The smallest absolute Gasteiger partial charge is 0.223 e. The maximum atomic E-state index is 12.4. The van der Waals surface area contributed by atoms with E-state index in [1.807, 2.05) is 0 Å². The second kappa shape index (κ2) is 4.99. The van der Waals surface area contributed by atoms with Crippen molar-refractivity contribution in [2.24, 2.45) is 28.4 Å². The van der Waals surface area contributed by atoms with E-state index in [9.17, 15) is 4.79 Å². The number of carbonyl (C=O) groups excluding carboxylic acids is 1. The molecule has 2 nitrogen and oxygen atoms in total. The summed E-state index contributed by atoms with van der Waals surface area (Å²) in [6, 6.07) is 10.8. The van der Waals surface area contributed by atoms with Crippen LogP contribution < -0.4 is 5.73 Å². The van der Waals surface area contributed by atoms with E-state index in [4.69, 9.17) is 17.3 Å². The third-order valence-electron chi connectivity index (χ3n) is 7.63. The van der Waals surface area contributed by atoms with Crippen molar-refractivity contribution in [1.82, 2.24) is 0 Å². The summed E-state index contributed by atoms with van der Waals surface area (Å²) in [6.45, 7) is 2.41. The van der Waals surface area contributed by atoms with Gasteiger partial charge in [-0.1, -0.05) is 37.3 Å². The van der Waals surface area contributed by atoms with E-state index in [2.05, 4.69) is 37.3 Å². The molecule has 2 unspecified atom stereocenters. The van der Waals surface area contributed by atoms with Gasteiger partial charge in [0.25, 0.3) is 0 Å². The molecule has 2 N–H and O–H groups in total. The molecule has 4 saturated carbocycles. The van der Waals surface area contributed by atoms with Gasteiger partial charge in [-0.05, 0) is 66.8 Å². The molecule has 0 aromatic heterocycles. The van der Waals surface area contributed by atoms with E-state index in [1.54, 1.807) is 0 Å². The van der Waals surface area contributed by atoms with Gasteiger partial charge in [-0.25, -0.2) is 0 Å². The maximum absolute atomic E-state index is 12.4. The Morgan fingerprint density at radius 3 is 2.30 bits per heavy atom. The lowest BCUT2D eigenvalue weighted by Gasteiger charge is -2.68. The molecular weight excluding hydrogens is 306 g/mol. The summed E-state index contributed by atoms with van der Waals surface area (Å²) in [6.07, 6.45) is 6.33. The van der Waals surface area contributed by atoms with Crippen LogP contribution in [0.15, 0.2) is 30.3 Å². The lowest BCUT2D eigenvalue weighted by atomic mass is 9.36. The highest BCUT2D eigenvalue weighted by Crippen LogP contribution is 2.71. The fourth-order valence-corrected chi connectivity index (χ4v) is 6.84. The number of alkyl halides is 1. The van der Waals surface area contributed by atoms with Gasteiger partial charge in [0, 0.05) is 5.88 Å². The standard InChI is InChI=1S/C20H26ClNO/c1-18(7-8-21)15-9-19(14-5-3-2-4-6-14)10-16(18)12-20(11-15,13-19)17(22)23/h2-6,15-16H,7-13H2,1H3,(H2,22,23). The van der Waals surface area contributed by atoms with Crippen molar-refractivity contribution >= 4 is 17.5 Å². The average molecular weight is 332 g/mol. The molecule has 3 heteroatoms. The molecule has 0 spiro atoms. The van der Waals surface area contributed by atoms with Crippen LogP contribution in [0.2, 0.25) is 0 Å². The van der Waals surface area contributed by atoms with Crippen LogP contribution in [0, 0.1) is 22.7 Å². The van der Waals surface area contributed by atoms with E-state index in [1.165, 1.54) is 18.4 Å². The van der Waals surface area contributed by atoms with Crippen LogP contribution in [0.3, 0.4) is 0 Å². The molecule has 4 fully saturated rings. The first kappa shape index (κ1) is 15.5. The molecule has 4 bridgehead atoms. The van der Waals surface area contributed by atoms with Gasteiger partial charge in [-0.15, -0.1) is 11.6 Å². The van der Waals surface area contributed by atoms with Crippen molar-refractivity contribution in [3.63, 3.8) is 0 Å². The highest BCUT2D eigenvalue weighted by molar-refractivity contribution is 6.17. The van der Waals surface area contributed by atoms with E-state index in [-0.39, 0.29) is 22.2 Å². The van der Waals surface area contributed by atoms with E-state index >= 15 is 0 Å². The molecule has 2 atom stereocenters. The summed E-state index contributed by atoms with van der Waals surface area (Å²) in [5.41, 5.74) is 7.48. The number of benzene rings is 1. The molecule has 23 heavy (non-hydrogen) atoms. The van der Waals surface area contributed by atoms with Gasteiger partial charge in [0.15, 0.2) is 0 Å². The summed E-state index contributed by atoms with van der Waals surface area (Å²) in [7, 11) is 0. The Morgan fingerprint density at radius 1 is 1.17 bits per heavy atom. The fourth-order valence-electron chi connectivity index (χ4n) is 6.43. The SMILES string of the molecule is CC1(CCCl)C2CC3(C(N)=O)CC1CC(c1ccccc1)(C2)C3. The molecule has 0 radical (unpaired) electrons.